The predicted octanol–water partition coefficient (Wildman–Crippen LogP) is 4.44. The van der Waals surface area contributed by atoms with Gasteiger partial charge in [-0.1, -0.05) is 35.9 Å². The minimum absolute atomic E-state index is 0.0237. The van der Waals surface area contributed by atoms with E-state index in [1.54, 1.807) is 23.4 Å². The number of amides is 1. The van der Waals surface area contributed by atoms with Gasteiger partial charge in [0.1, 0.15) is 12.1 Å². The molecular formula is C28H32ClF2N5O. The molecule has 37 heavy (non-hydrogen) atoms. The normalized spacial score (nSPS) is 23.5. The lowest BCUT2D eigenvalue weighted by Gasteiger charge is -2.41. The standard InChI is InChI=1S/C28H32ClF2N5O/c29-20-6-4-19(5-7-20)24(22-3-1-2-12-36(22)17-23(30)31)27(37)35-15-13-34(14-16-35)26-25-21(32-18-33-26)8-9-28(25)10-11-28/h1,3-7,18,22-24H,2,8-17H2/t22?,24-/m0/s1. The van der Waals surface area contributed by atoms with Crippen molar-refractivity contribution in [1.82, 2.24) is 19.8 Å². The van der Waals surface area contributed by atoms with Gasteiger partial charge in [-0.3, -0.25) is 9.69 Å². The molecule has 1 amide bonds. The summed E-state index contributed by atoms with van der Waals surface area (Å²) in [6, 6.07) is 6.81. The maximum Gasteiger partial charge on any atom is 0.251 e. The number of aromatic nitrogens is 2. The molecule has 2 aliphatic heterocycles. The zero-order chi connectivity index (χ0) is 25.6. The molecule has 2 aliphatic carbocycles. The number of nitrogens with zero attached hydrogens (tertiary/aromatic N) is 5. The minimum Gasteiger partial charge on any atom is -0.353 e. The van der Waals surface area contributed by atoms with Gasteiger partial charge in [-0.25, -0.2) is 18.7 Å². The largest absolute Gasteiger partial charge is 0.353 e. The highest BCUT2D eigenvalue weighted by Gasteiger charge is 2.51. The van der Waals surface area contributed by atoms with Crippen LogP contribution in [0.15, 0.2) is 42.7 Å². The summed E-state index contributed by atoms with van der Waals surface area (Å²) in [7, 11) is 0. The second-order valence-electron chi connectivity index (χ2n) is 10.7. The third kappa shape index (κ3) is 4.74. The van der Waals surface area contributed by atoms with Crippen LogP contribution >= 0.6 is 11.6 Å². The summed E-state index contributed by atoms with van der Waals surface area (Å²) >= 11 is 6.13. The Morgan fingerprint density at radius 1 is 1.05 bits per heavy atom. The number of piperazine rings is 1. The van der Waals surface area contributed by atoms with Crippen molar-refractivity contribution in [2.75, 3.05) is 44.2 Å². The Kier molecular flexibility index (Phi) is 6.65. The highest BCUT2D eigenvalue weighted by molar-refractivity contribution is 6.30. The lowest BCUT2D eigenvalue weighted by Crippen LogP contribution is -2.54. The average molecular weight is 528 g/mol. The lowest BCUT2D eigenvalue weighted by molar-refractivity contribution is -0.134. The molecule has 0 N–H and O–H groups in total. The monoisotopic (exact) mass is 527 g/mol. The molecule has 1 saturated heterocycles. The molecule has 6 nitrogen and oxygen atoms in total. The Morgan fingerprint density at radius 3 is 2.51 bits per heavy atom. The first-order valence-corrected chi connectivity index (χ1v) is 13.7. The molecule has 0 bridgehead atoms. The molecule has 4 aliphatic rings. The topological polar surface area (TPSA) is 52.6 Å². The fraction of sp³-hybridized carbons (Fsp3) is 0.536. The van der Waals surface area contributed by atoms with Crippen molar-refractivity contribution in [2.45, 2.75) is 55.9 Å². The van der Waals surface area contributed by atoms with Gasteiger partial charge in [-0.05, 0) is 49.8 Å². The first kappa shape index (κ1) is 24.7. The number of alkyl halides is 2. The van der Waals surface area contributed by atoms with E-state index in [9.17, 15) is 13.6 Å². The molecule has 2 atom stereocenters. The fourth-order valence-corrected chi connectivity index (χ4v) is 6.59. The number of carbonyl (C=O) groups is 1. The Morgan fingerprint density at radius 2 is 1.81 bits per heavy atom. The molecule has 6 rings (SSSR count). The molecule has 1 spiro atoms. The molecule has 196 valence electrons. The number of aryl methyl sites for hydroxylation is 1. The zero-order valence-electron chi connectivity index (χ0n) is 20.8. The molecule has 0 radical (unpaired) electrons. The summed E-state index contributed by atoms with van der Waals surface area (Å²) in [6.45, 7) is 2.69. The smallest absolute Gasteiger partial charge is 0.251 e. The number of benzene rings is 1. The summed E-state index contributed by atoms with van der Waals surface area (Å²) in [5.41, 5.74) is 3.60. The summed E-state index contributed by atoms with van der Waals surface area (Å²) in [6.07, 6.45) is 8.48. The van der Waals surface area contributed by atoms with Crippen LogP contribution in [0.25, 0.3) is 0 Å². The van der Waals surface area contributed by atoms with Gasteiger partial charge >= 0.3 is 0 Å². The average Bonchev–Trinajstić information content (AvgIpc) is 3.60. The highest BCUT2D eigenvalue weighted by atomic mass is 35.5. The first-order chi connectivity index (χ1) is 17.9. The summed E-state index contributed by atoms with van der Waals surface area (Å²) < 4.78 is 26.9. The molecule has 1 unspecified atom stereocenters. The number of anilines is 1. The van der Waals surface area contributed by atoms with Crippen LogP contribution < -0.4 is 4.90 Å². The minimum atomic E-state index is -2.46. The van der Waals surface area contributed by atoms with E-state index in [0.29, 0.717) is 44.2 Å². The maximum absolute atomic E-state index is 14.1. The number of rotatable bonds is 6. The van der Waals surface area contributed by atoms with E-state index < -0.39 is 18.4 Å². The van der Waals surface area contributed by atoms with Gasteiger partial charge in [-0.15, -0.1) is 0 Å². The van der Waals surface area contributed by atoms with Crippen molar-refractivity contribution in [3.63, 3.8) is 0 Å². The summed E-state index contributed by atoms with van der Waals surface area (Å²) in [5.74, 6) is 0.446. The second kappa shape index (κ2) is 9.95. The molecule has 2 fully saturated rings. The Labute approximate surface area is 221 Å². The molecule has 1 saturated carbocycles. The Balaban J connectivity index is 1.23. The maximum atomic E-state index is 14.1. The molecule has 9 heteroatoms. The van der Waals surface area contributed by atoms with E-state index in [1.807, 2.05) is 29.2 Å². The molecular weight excluding hydrogens is 496 g/mol. The summed E-state index contributed by atoms with van der Waals surface area (Å²) in [5, 5.41) is 0.581. The van der Waals surface area contributed by atoms with Crippen molar-refractivity contribution in [3.8, 4) is 0 Å². The fourth-order valence-electron chi connectivity index (χ4n) is 6.47. The predicted molar refractivity (Wildman–Crippen MR) is 139 cm³/mol. The van der Waals surface area contributed by atoms with Crippen LogP contribution in [0.1, 0.15) is 48.4 Å². The Hall–Kier alpha value is -2.58. The van der Waals surface area contributed by atoms with Crippen molar-refractivity contribution in [1.29, 1.82) is 0 Å². The summed E-state index contributed by atoms with van der Waals surface area (Å²) in [4.78, 5) is 29.3. The zero-order valence-corrected chi connectivity index (χ0v) is 21.6. The van der Waals surface area contributed by atoms with Crippen molar-refractivity contribution in [3.05, 3.63) is 64.6 Å². The second-order valence-corrected chi connectivity index (χ2v) is 11.2. The van der Waals surface area contributed by atoms with Crippen LogP contribution in [0.5, 0.6) is 0 Å². The van der Waals surface area contributed by atoms with Crippen LogP contribution in [0.3, 0.4) is 0 Å². The van der Waals surface area contributed by atoms with E-state index >= 15 is 0 Å². The first-order valence-electron chi connectivity index (χ1n) is 13.3. The van der Waals surface area contributed by atoms with Crippen LogP contribution in [-0.4, -0.2) is 77.4 Å². The van der Waals surface area contributed by atoms with Gasteiger partial charge in [0.2, 0.25) is 5.91 Å². The van der Waals surface area contributed by atoms with Crippen molar-refractivity contribution < 1.29 is 13.6 Å². The van der Waals surface area contributed by atoms with E-state index in [1.165, 1.54) is 30.5 Å². The van der Waals surface area contributed by atoms with Gasteiger partial charge in [0.05, 0.1) is 12.5 Å². The molecule has 1 aromatic carbocycles. The van der Waals surface area contributed by atoms with Crippen LogP contribution in [0, 0.1) is 0 Å². The van der Waals surface area contributed by atoms with Gasteiger partial charge in [-0.2, -0.15) is 0 Å². The molecule has 1 aromatic heterocycles. The van der Waals surface area contributed by atoms with Gasteiger partial charge in [0.25, 0.3) is 6.43 Å². The van der Waals surface area contributed by atoms with Crippen LogP contribution in [-0.2, 0) is 16.6 Å². The SMILES string of the molecule is O=C([C@@H](c1ccc(Cl)cc1)C1C=CCCN1CC(F)F)N1CCN(c2ncnc3c2C2(CC3)CC2)CC1. The quantitative estimate of drug-likeness (QED) is 0.520. The van der Waals surface area contributed by atoms with E-state index in [4.69, 9.17) is 16.6 Å². The van der Waals surface area contributed by atoms with E-state index in [-0.39, 0.29) is 17.9 Å². The van der Waals surface area contributed by atoms with E-state index in [0.717, 1.165) is 17.8 Å². The molecule has 3 heterocycles. The van der Waals surface area contributed by atoms with Gasteiger partial charge in [0, 0.05) is 60.5 Å². The number of hydrogen-bond donors (Lipinski definition) is 0. The van der Waals surface area contributed by atoms with Crippen LogP contribution in [0.4, 0.5) is 14.6 Å². The number of hydrogen-bond acceptors (Lipinski definition) is 5. The highest BCUT2D eigenvalue weighted by Crippen LogP contribution is 2.58. The van der Waals surface area contributed by atoms with Gasteiger partial charge < -0.3 is 9.80 Å². The Bertz CT molecular complexity index is 1180. The lowest BCUT2D eigenvalue weighted by atomic mass is 9.86. The van der Waals surface area contributed by atoms with E-state index in [2.05, 4.69) is 9.88 Å². The van der Waals surface area contributed by atoms with Gasteiger partial charge in [0.15, 0.2) is 0 Å². The number of halogens is 3. The third-order valence-corrected chi connectivity index (χ3v) is 8.82. The van der Waals surface area contributed by atoms with Crippen molar-refractivity contribution >= 4 is 23.3 Å². The number of carbonyl (C=O) groups excluding carboxylic acids is 1. The molecule has 2 aromatic rings. The number of fused-ring (bicyclic) bond motifs is 2. The third-order valence-electron chi connectivity index (χ3n) is 8.57. The van der Waals surface area contributed by atoms with Crippen molar-refractivity contribution in [2.24, 2.45) is 0 Å². The van der Waals surface area contributed by atoms with Crippen LogP contribution in [0.2, 0.25) is 5.02 Å².